The van der Waals surface area contributed by atoms with E-state index in [2.05, 4.69) is 15.0 Å². The normalized spacial score (nSPS) is 10.2. The van der Waals surface area contributed by atoms with Gasteiger partial charge in [0.15, 0.2) is 0 Å². The molecule has 0 aliphatic rings. The summed E-state index contributed by atoms with van der Waals surface area (Å²) in [6.07, 6.45) is 6.68. The number of hydrogen-bond acceptors (Lipinski definition) is 6. The second-order valence-corrected chi connectivity index (χ2v) is 3.61. The van der Waals surface area contributed by atoms with Crippen LogP contribution in [0.25, 0.3) is 0 Å². The van der Waals surface area contributed by atoms with Gasteiger partial charge in [-0.25, -0.2) is 14.6 Å². The Kier molecular flexibility index (Phi) is 6.52. The molecule has 1 rings (SSSR count). The van der Waals surface area contributed by atoms with Gasteiger partial charge in [-0.1, -0.05) is 0 Å². The lowest BCUT2D eigenvalue weighted by atomic mass is 10.5. The maximum absolute atomic E-state index is 11.4. The molecule has 108 valence electrons. The molecular formula is C12H15N3O5. The summed E-state index contributed by atoms with van der Waals surface area (Å²) >= 11 is 0. The number of rotatable bonds is 7. The summed E-state index contributed by atoms with van der Waals surface area (Å²) in [5.41, 5.74) is 0. The van der Waals surface area contributed by atoms with Crippen LogP contribution in [0.5, 0.6) is 0 Å². The van der Waals surface area contributed by atoms with Gasteiger partial charge >= 0.3 is 11.9 Å². The molecular weight excluding hydrogens is 266 g/mol. The maximum Gasteiger partial charge on any atom is 0.331 e. The second-order valence-electron chi connectivity index (χ2n) is 3.61. The molecule has 0 atom stereocenters. The zero-order valence-corrected chi connectivity index (χ0v) is 10.9. The third kappa shape index (κ3) is 6.34. The molecule has 0 saturated heterocycles. The molecule has 1 N–H and O–H groups in total. The molecule has 0 radical (unpaired) electrons. The molecule has 8 heteroatoms. The molecule has 0 saturated carbocycles. The van der Waals surface area contributed by atoms with Crippen molar-refractivity contribution in [3.63, 3.8) is 0 Å². The van der Waals surface area contributed by atoms with Crippen molar-refractivity contribution in [2.24, 2.45) is 0 Å². The fourth-order valence-electron chi connectivity index (χ4n) is 1.20. The van der Waals surface area contributed by atoms with Gasteiger partial charge in [0.1, 0.15) is 13.2 Å². The van der Waals surface area contributed by atoms with Crippen LogP contribution >= 0.6 is 0 Å². The van der Waals surface area contributed by atoms with Gasteiger partial charge in [-0.2, -0.15) is 0 Å². The van der Waals surface area contributed by atoms with Crippen LogP contribution in [0.2, 0.25) is 0 Å². The van der Waals surface area contributed by atoms with E-state index in [-0.39, 0.29) is 25.6 Å². The number of amides is 1. The highest BCUT2D eigenvalue weighted by Crippen LogP contribution is 1.86. The molecule has 1 aromatic heterocycles. The lowest BCUT2D eigenvalue weighted by Crippen LogP contribution is -2.30. The van der Waals surface area contributed by atoms with Crippen LogP contribution in [0.3, 0.4) is 0 Å². The van der Waals surface area contributed by atoms with Crippen molar-refractivity contribution in [2.45, 2.75) is 6.54 Å². The summed E-state index contributed by atoms with van der Waals surface area (Å²) in [4.78, 5) is 37.1. The summed E-state index contributed by atoms with van der Waals surface area (Å²) in [6.45, 7) is 0.349. The van der Waals surface area contributed by atoms with Crippen LogP contribution < -0.4 is 5.32 Å². The number of nitrogens with one attached hydrogen (secondary N) is 1. The predicted octanol–water partition coefficient (Wildman–Crippen LogP) is -0.728. The minimum Gasteiger partial charge on any atom is -0.466 e. The van der Waals surface area contributed by atoms with Crippen molar-refractivity contribution < 1.29 is 23.9 Å². The van der Waals surface area contributed by atoms with Crippen LogP contribution in [-0.4, -0.2) is 47.7 Å². The Morgan fingerprint density at radius 3 is 2.70 bits per heavy atom. The van der Waals surface area contributed by atoms with Gasteiger partial charge < -0.3 is 19.4 Å². The summed E-state index contributed by atoms with van der Waals surface area (Å²) in [6, 6.07) is 0. The fourth-order valence-corrected chi connectivity index (χ4v) is 1.20. The van der Waals surface area contributed by atoms with Crippen LogP contribution in [0, 0.1) is 0 Å². The van der Waals surface area contributed by atoms with E-state index in [9.17, 15) is 14.4 Å². The van der Waals surface area contributed by atoms with Crippen molar-refractivity contribution in [1.82, 2.24) is 14.9 Å². The summed E-state index contributed by atoms with van der Waals surface area (Å²) in [5, 5.41) is 2.57. The van der Waals surface area contributed by atoms with Gasteiger partial charge in [-0.3, -0.25) is 4.79 Å². The number of aromatic nitrogens is 2. The molecule has 0 aliphatic heterocycles. The second kappa shape index (κ2) is 8.46. The summed E-state index contributed by atoms with van der Waals surface area (Å²) in [5.74, 6) is -1.54. The van der Waals surface area contributed by atoms with E-state index in [1.165, 1.54) is 13.4 Å². The predicted molar refractivity (Wildman–Crippen MR) is 67.4 cm³/mol. The molecule has 20 heavy (non-hydrogen) atoms. The van der Waals surface area contributed by atoms with Crippen LogP contribution in [0.1, 0.15) is 0 Å². The number of esters is 2. The average Bonchev–Trinajstić information content (AvgIpc) is 2.93. The first-order chi connectivity index (χ1) is 9.61. The number of hydrogen-bond donors (Lipinski definition) is 1. The average molecular weight is 281 g/mol. The smallest absolute Gasteiger partial charge is 0.331 e. The van der Waals surface area contributed by atoms with Gasteiger partial charge in [0.25, 0.3) is 0 Å². The Balaban J connectivity index is 2.12. The van der Waals surface area contributed by atoms with E-state index < -0.39 is 11.9 Å². The number of carbonyl (C=O) groups is 3. The van der Waals surface area contributed by atoms with Crippen LogP contribution in [-0.2, 0) is 30.4 Å². The van der Waals surface area contributed by atoms with Crippen LogP contribution in [0.4, 0.5) is 0 Å². The van der Waals surface area contributed by atoms with E-state index >= 15 is 0 Å². The minimum atomic E-state index is -0.681. The fraction of sp³-hybridized carbons (Fsp3) is 0.333. The Hall–Kier alpha value is -2.64. The third-order valence-electron chi connectivity index (χ3n) is 2.11. The molecule has 0 spiro atoms. The zero-order chi connectivity index (χ0) is 14.8. The largest absolute Gasteiger partial charge is 0.466 e. The Labute approximate surface area is 115 Å². The van der Waals surface area contributed by atoms with Crippen molar-refractivity contribution >= 4 is 17.8 Å². The van der Waals surface area contributed by atoms with E-state index in [1.54, 1.807) is 17.0 Å². The van der Waals surface area contributed by atoms with Gasteiger partial charge in [-0.15, -0.1) is 0 Å². The lowest BCUT2D eigenvalue weighted by molar-refractivity contribution is -0.139. The van der Waals surface area contributed by atoms with E-state index in [4.69, 9.17) is 4.74 Å². The molecule has 8 nitrogen and oxygen atoms in total. The van der Waals surface area contributed by atoms with Crippen molar-refractivity contribution in [3.8, 4) is 0 Å². The molecule has 0 aliphatic carbocycles. The third-order valence-corrected chi connectivity index (χ3v) is 2.11. The molecule has 0 aromatic carbocycles. The first kappa shape index (κ1) is 15.4. The van der Waals surface area contributed by atoms with E-state index in [0.29, 0.717) is 0 Å². The highest BCUT2D eigenvalue weighted by Gasteiger charge is 2.03. The molecule has 1 heterocycles. The number of methoxy groups -OCH3 is 1. The van der Waals surface area contributed by atoms with Gasteiger partial charge in [0, 0.05) is 24.5 Å². The first-order valence-electron chi connectivity index (χ1n) is 5.77. The van der Waals surface area contributed by atoms with Gasteiger partial charge in [-0.05, 0) is 0 Å². The number of carbonyl (C=O) groups excluding carboxylic acids is 3. The van der Waals surface area contributed by atoms with Gasteiger partial charge in [0.05, 0.1) is 20.0 Å². The molecule has 0 unspecified atom stereocenters. The molecule has 0 fully saturated rings. The maximum atomic E-state index is 11.4. The van der Waals surface area contributed by atoms with E-state index in [0.717, 1.165) is 12.2 Å². The first-order valence-corrected chi connectivity index (χ1v) is 5.77. The SMILES string of the molecule is COC(=O)C=CC(=O)OCCNC(=O)Cn1ccnc1. The highest BCUT2D eigenvalue weighted by molar-refractivity contribution is 5.91. The van der Waals surface area contributed by atoms with E-state index in [1.807, 2.05) is 0 Å². The summed E-state index contributed by atoms with van der Waals surface area (Å²) in [7, 11) is 1.20. The standard InChI is InChI=1S/C12H15N3O5/c1-19-11(17)2-3-12(18)20-7-5-14-10(16)8-15-6-4-13-9-15/h2-4,6,9H,5,7-8H2,1H3,(H,14,16). The lowest BCUT2D eigenvalue weighted by Gasteiger charge is -2.05. The van der Waals surface area contributed by atoms with Gasteiger partial charge in [0.2, 0.25) is 5.91 Å². The zero-order valence-electron chi connectivity index (χ0n) is 10.9. The molecule has 1 amide bonds. The molecule has 0 bridgehead atoms. The number of imidazole rings is 1. The monoisotopic (exact) mass is 281 g/mol. The van der Waals surface area contributed by atoms with Crippen molar-refractivity contribution in [2.75, 3.05) is 20.3 Å². The summed E-state index contributed by atoms with van der Waals surface area (Å²) < 4.78 is 10.7. The Morgan fingerprint density at radius 1 is 1.30 bits per heavy atom. The highest BCUT2D eigenvalue weighted by atomic mass is 16.5. The molecule has 1 aromatic rings. The Morgan fingerprint density at radius 2 is 2.05 bits per heavy atom. The Bertz CT molecular complexity index is 481. The van der Waals surface area contributed by atoms with Crippen molar-refractivity contribution in [1.29, 1.82) is 0 Å². The quantitative estimate of drug-likeness (QED) is 0.402. The minimum absolute atomic E-state index is 0.0139. The van der Waals surface area contributed by atoms with Crippen molar-refractivity contribution in [3.05, 3.63) is 30.9 Å². The number of nitrogens with zero attached hydrogens (tertiary/aromatic N) is 2. The number of ether oxygens (including phenoxy) is 2. The van der Waals surface area contributed by atoms with Crippen LogP contribution in [0.15, 0.2) is 30.9 Å². The topological polar surface area (TPSA) is 99.5 Å².